The number of nitrogens with zero attached hydrogens (tertiary/aromatic N) is 1. The molecule has 0 saturated heterocycles. The van der Waals surface area contributed by atoms with E-state index in [1.807, 2.05) is 12.1 Å². The molecule has 1 aromatic rings. The SMILES string of the molecule is COCCN(c1ccc(CO)cc1Br)C(C)C1CC1. The fourth-order valence-corrected chi connectivity index (χ4v) is 3.10. The third kappa shape index (κ3) is 3.71. The fraction of sp³-hybridized carbons (Fsp3) is 0.600. The van der Waals surface area contributed by atoms with Gasteiger partial charge in [0.2, 0.25) is 0 Å². The summed E-state index contributed by atoms with van der Waals surface area (Å²) in [6, 6.07) is 6.60. The molecule has 0 spiro atoms. The standard InChI is InChI=1S/C15H22BrNO2/c1-11(13-4-5-13)17(7-8-19-2)15-6-3-12(10-18)9-14(15)16/h3,6,9,11,13,18H,4-5,7-8,10H2,1-2H3. The van der Waals surface area contributed by atoms with E-state index in [1.165, 1.54) is 18.5 Å². The normalized spacial score (nSPS) is 16.4. The van der Waals surface area contributed by atoms with E-state index in [9.17, 15) is 5.11 Å². The lowest BCUT2D eigenvalue weighted by Gasteiger charge is -2.32. The van der Waals surface area contributed by atoms with Crippen LogP contribution in [0, 0.1) is 5.92 Å². The Morgan fingerprint density at radius 2 is 2.21 bits per heavy atom. The summed E-state index contributed by atoms with van der Waals surface area (Å²) in [6.07, 6.45) is 2.66. The molecule has 0 bridgehead atoms. The van der Waals surface area contributed by atoms with Gasteiger partial charge in [-0.1, -0.05) is 6.07 Å². The van der Waals surface area contributed by atoms with Gasteiger partial charge in [-0.25, -0.2) is 0 Å². The van der Waals surface area contributed by atoms with Crippen LogP contribution in [0.5, 0.6) is 0 Å². The van der Waals surface area contributed by atoms with Crippen LogP contribution >= 0.6 is 15.9 Å². The zero-order chi connectivity index (χ0) is 13.8. The molecule has 2 rings (SSSR count). The lowest BCUT2D eigenvalue weighted by molar-refractivity contribution is 0.202. The molecule has 1 saturated carbocycles. The van der Waals surface area contributed by atoms with Gasteiger partial charge < -0.3 is 14.7 Å². The topological polar surface area (TPSA) is 32.7 Å². The molecular weight excluding hydrogens is 306 g/mol. The summed E-state index contributed by atoms with van der Waals surface area (Å²) in [5, 5.41) is 9.19. The molecule has 4 heteroatoms. The Kier molecular flexibility index (Phi) is 5.25. The number of methoxy groups -OCH3 is 1. The Morgan fingerprint density at radius 1 is 1.47 bits per heavy atom. The summed E-state index contributed by atoms with van der Waals surface area (Å²) in [5.41, 5.74) is 2.12. The second-order valence-corrected chi connectivity index (χ2v) is 6.06. The van der Waals surface area contributed by atoms with E-state index in [1.54, 1.807) is 7.11 Å². The Hall–Kier alpha value is -0.580. The molecular formula is C15H22BrNO2. The summed E-state index contributed by atoms with van der Waals surface area (Å²) in [6.45, 7) is 3.99. The number of hydrogen-bond acceptors (Lipinski definition) is 3. The van der Waals surface area contributed by atoms with Gasteiger partial charge in [-0.2, -0.15) is 0 Å². The van der Waals surface area contributed by atoms with Crippen molar-refractivity contribution in [3.63, 3.8) is 0 Å². The first-order valence-electron chi connectivity index (χ1n) is 6.82. The lowest BCUT2D eigenvalue weighted by Crippen LogP contribution is -2.37. The number of hydrogen-bond donors (Lipinski definition) is 1. The maximum Gasteiger partial charge on any atom is 0.0682 e. The quantitative estimate of drug-likeness (QED) is 0.834. The molecule has 1 aromatic carbocycles. The first-order valence-corrected chi connectivity index (χ1v) is 7.61. The van der Waals surface area contributed by atoms with Crippen LogP contribution in [0.1, 0.15) is 25.3 Å². The minimum Gasteiger partial charge on any atom is -0.392 e. The van der Waals surface area contributed by atoms with Crippen molar-refractivity contribution >= 4 is 21.6 Å². The largest absolute Gasteiger partial charge is 0.392 e. The molecule has 1 aliphatic carbocycles. The van der Waals surface area contributed by atoms with Crippen LogP contribution in [0.4, 0.5) is 5.69 Å². The monoisotopic (exact) mass is 327 g/mol. The van der Waals surface area contributed by atoms with Crippen molar-refractivity contribution in [3.8, 4) is 0 Å². The smallest absolute Gasteiger partial charge is 0.0682 e. The van der Waals surface area contributed by atoms with Gasteiger partial charge in [0, 0.05) is 24.2 Å². The van der Waals surface area contributed by atoms with E-state index in [0.29, 0.717) is 6.04 Å². The highest BCUT2D eigenvalue weighted by atomic mass is 79.9. The Labute approximate surface area is 123 Å². The Bertz CT molecular complexity index is 421. The number of aliphatic hydroxyl groups is 1. The third-order valence-corrected chi connectivity index (χ3v) is 4.47. The molecule has 0 radical (unpaired) electrons. The highest BCUT2D eigenvalue weighted by Crippen LogP contribution is 2.38. The molecule has 0 heterocycles. The summed E-state index contributed by atoms with van der Waals surface area (Å²) < 4.78 is 6.28. The van der Waals surface area contributed by atoms with E-state index >= 15 is 0 Å². The van der Waals surface area contributed by atoms with Crippen molar-refractivity contribution in [1.82, 2.24) is 0 Å². The van der Waals surface area contributed by atoms with Crippen LogP contribution in [-0.4, -0.2) is 31.4 Å². The van der Waals surface area contributed by atoms with Crippen LogP contribution in [0.15, 0.2) is 22.7 Å². The van der Waals surface area contributed by atoms with Gasteiger partial charge in [0.25, 0.3) is 0 Å². The number of ether oxygens (including phenoxy) is 1. The van der Waals surface area contributed by atoms with Gasteiger partial charge in [0.15, 0.2) is 0 Å². The maximum atomic E-state index is 9.19. The minimum absolute atomic E-state index is 0.0785. The zero-order valence-electron chi connectivity index (χ0n) is 11.6. The van der Waals surface area contributed by atoms with E-state index in [-0.39, 0.29) is 6.61 Å². The van der Waals surface area contributed by atoms with E-state index in [2.05, 4.69) is 33.8 Å². The summed E-state index contributed by atoms with van der Waals surface area (Å²) >= 11 is 3.62. The number of aliphatic hydroxyl groups excluding tert-OH is 1. The second-order valence-electron chi connectivity index (χ2n) is 5.21. The summed E-state index contributed by atoms with van der Waals surface area (Å²) in [4.78, 5) is 2.41. The molecule has 0 aliphatic heterocycles. The predicted octanol–water partition coefficient (Wildman–Crippen LogP) is 3.19. The molecule has 1 atom stereocenters. The van der Waals surface area contributed by atoms with Gasteiger partial charge in [-0.15, -0.1) is 0 Å². The molecule has 19 heavy (non-hydrogen) atoms. The highest BCUT2D eigenvalue weighted by Gasteiger charge is 2.32. The first-order chi connectivity index (χ1) is 9.17. The first kappa shape index (κ1) is 14.8. The Balaban J connectivity index is 2.20. The summed E-state index contributed by atoms with van der Waals surface area (Å²) in [5.74, 6) is 0.807. The third-order valence-electron chi connectivity index (χ3n) is 3.84. The molecule has 1 aliphatic rings. The average molecular weight is 328 g/mol. The molecule has 106 valence electrons. The van der Waals surface area contributed by atoms with Crippen molar-refractivity contribution in [1.29, 1.82) is 0 Å². The van der Waals surface area contributed by atoms with Crippen molar-refractivity contribution in [2.24, 2.45) is 5.92 Å². The molecule has 1 fully saturated rings. The minimum atomic E-state index is 0.0785. The Morgan fingerprint density at radius 3 is 2.74 bits per heavy atom. The average Bonchev–Trinajstić information content (AvgIpc) is 3.24. The number of rotatable bonds is 7. The van der Waals surface area contributed by atoms with Crippen LogP contribution in [0.2, 0.25) is 0 Å². The van der Waals surface area contributed by atoms with Gasteiger partial charge >= 0.3 is 0 Å². The van der Waals surface area contributed by atoms with Gasteiger partial charge in [0.05, 0.1) is 18.9 Å². The van der Waals surface area contributed by atoms with Crippen LogP contribution < -0.4 is 4.90 Å². The van der Waals surface area contributed by atoms with Crippen LogP contribution in [-0.2, 0) is 11.3 Å². The van der Waals surface area contributed by atoms with Crippen molar-refractivity contribution in [3.05, 3.63) is 28.2 Å². The zero-order valence-corrected chi connectivity index (χ0v) is 13.2. The molecule has 0 aromatic heterocycles. The van der Waals surface area contributed by atoms with E-state index < -0.39 is 0 Å². The predicted molar refractivity (Wildman–Crippen MR) is 81.5 cm³/mol. The van der Waals surface area contributed by atoms with Crippen LogP contribution in [0.25, 0.3) is 0 Å². The van der Waals surface area contributed by atoms with Gasteiger partial charge in [-0.3, -0.25) is 0 Å². The van der Waals surface area contributed by atoms with E-state index in [4.69, 9.17) is 4.74 Å². The molecule has 0 amide bonds. The number of benzene rings is 1. The van der Waals surface area contributed by atoms with Crippen molar-refractivity contribution < 1.29 is 9.84 Å². The second kappa shape index (κ2) is 6.73. The summed E-state index contributed by atoms with van der Waals surface area (Å²) in [7, 11) is 1.74. The lowest BCUT2D eigenvalue weighted by atomic mass is 10.1. The van der Waals surface area contributed by atoms with Gasteiger partial charge in [0.1, 0.15) is 0 Å². The van der Waals surface area contributed by atoms with Crippen molar-refractivity contribution in [2.45, 2.75) is 32.4 Å². The van der Waals surface area contributed by atoms with Gasteiger partial charge in [-0.05, 0) is 59.3 Å². The fourth-order valence-electron chi connectivity index (χ4n) is 2.45. The number of anilines is 1. The van der Waals surface area contributed by atoms with Crippen LogP contribution in [0.3, 0.4) is 0 Å². The number of halogens is 1. The maximum absolute atomic E-state index is 9.19. The van der Waals surface area contributed by atoms with Crippen molar-refractivity contribution in [2.75, 3.05) is 25.2 Å². The molecule has 1 N–H and O–H groups in total. The van der Waals surface area contributed by atoms with E-state index in [0.717, 1.165) is 29.1 Å². The molecule has 3 nitrogen and oxygen atoms in total. The molecule has 1 unspecified atom stereocenters. The highest BCUT2D eigenvalue weighted by molar-refractivity contribution is 9.10.